The van der Waals surface area contributed by atoms with E-state index in [2.05, 4.69) is 5.10 Å². The maximum atomic E-state index is 11.7. The molecule has 7 heteroatoms. The van der Waals surface area contributed by atoms with E-state index in [4.69, 9.17) is 5.73 Å². The molecule has 0 aromatic carbocycles. The molecular weight excluding hydrogens is 263 g/mol. The van der Waals surface area contributed by atoms with Gasteiger partial charge in [-0.2, -0.15) is 5.10 Å². The maximum Gasteiger partial charge on any atom is 0.224 e. The first-order chi connectivity index (χ1) is 7.15. The molecule has 0 spiro atoms. The molecule has 0 aliphatic carbocycles. The van der Waals surface area contributed by atoms with E-state index in [1.54, 1.807) is 22.8 Å². The van der Waals surface area contributed by atoms with E-state index in [0.717, 1.165) is 0 Å². The highest BCUT2D eigenvalue weighted by molar-refractivity contribution is 5.85. The second kappa shape index (κ2) is 9.27. The summed E-state index contributed by atoms with van der Waals surface area (Å²) in [7, 11) is 1.78. The number of aromatic nitrogens is 2. The molecule has 0 aliphatic heterocycles. The SMILES string of the molecule is CC(CN)N(C)C(=O)CCn1cccn1.Cl.Cl. The molecule has 0 bridgehead atoms. The highest BCUT2D eigenvalue weighted by Crippen LogP contribution is 1.99. The molecule has 1 heterocycles. The van der Waals surface area contributed by atoms with E-state index in [9.17, 15) is 4.79 Å². The molecule has 5 nitrogen and oxygen atoms in total. The van der Waals surface area contributed by atoms with Gasteiger partial charge < -0.3 is 10.6 Å². The molecule has 2 N–H and O–H groups in total. The van der Waals surface area contributed by atoms with E-state index in [1.165, 1.54) is 0 Å². The normalized spacial score (nSPS) is 11.0. The Balaban J connectivity index is 0. The maximum absolute atomic E-state index is 11.7. The van der Waals surface area contributed by atoms with Gasteiger partial charge in [-0.15, -0.1) is 24.8 Å². The van der Waals surface area contributed by atoms with Crippen LogP contribution in [0.1, 0.15) is 13.3 Å². The van der Waals surface area contributed by atoms with Crippen LogP contribution in [0.2, 0.25) is 0 Å². The lowest BCUT2D eigenvalue weighted by Crippen LogP contribution is -2.40. The van der Waals surface area contributed by atoms with Crippen molar-refractivity contribution in [2.75, 3.05) is 13.6 Å². The molecule has 1 rings (SSSR count). The number of likely N-dealkylation sites (N-methyl/N-ethyl adjacent to an activating group) is 1. The van der Waals surface area contributed by atoms with Crippen LogP contribution in [0.4, 0.5) is 0 Å². The summed E-state index contributed by atoms with van der Waals surface area (Å²) in [6.07, 6.45) is 4.01. The van der Waals surface area contributed by atoms with Gasteiger partial charge in [-0.05, 0) is 13.0 Å². The first-order valence-corrected chi connectivity index (χ1v) is 5.08. The summed E-state index contributed by atoms with van der Waals surface area (Å²) in [6.45, 7) is 3.04. The molecule has 1 atom stereocenters. The molecule has 0 saturated heterocycles. The van der Waals surface area contributed by atoms with Crippen molar-refractivity contribution in [1.82, 2.24) is 14.7 Å². The number of nitrogens with zero attached hydrogens (tertiary/aromatic N) is 3. The number of nitrogens with two attached hydrogens (primary N) is 1. The largest absolute Gasteiger partial charge is 0.342 e. The highest BCUT2D eigenvalue weighted by atomic mass is 35.5. The van der Waals surface area contributed by atoms with Gasteiger partial charge in [0.05, 0.1) is 0 Å². The van der Waals surface area contributed by atoms with Crippen LogP contribution < -0.4 is 5.73 Å². The van der Waals surface area contributed by atoms with Crippen LogP contribution in [0, 0.1) is 0 Å². The summed E-state index contributed by atoms with van der Waals surface area (Å²) in [5, 5.41) is 4.03. The van der Waals surface area contributed by atoms with Gasteiger partial charge in [0.2, 0.25) is 5.91 Å². The van der Waals surface area contributed by atoms with Crippen molar-refractivity contribution in [3.05, 3.63) is 18.5 Å². The van der Waals surface area contributed by atoms with E-state index in [0.29, 0.717) is 19.5 Å². The standard InChI is InChI=1S/C10H18N4O.2ClH/c1-9(8-11)13(2)10(15)4-7-14-6-3-5-12-14;;/h3,5-6,9H,4,7-8,11H2,1-2H3;2*1H. The van der Waals surface area contributed by atoms with Gasteiger partial charge >= 0.3 is 0 Å². The van der Waals surface area contributed by atoms with Crippen molar-refractivity contribution in [3.63, 3.8) is 0 Å². The Morgan fingerprint density at radius 1 is 1.53 bits per heavy atom. The van der Waals surface area contributed by atoms with Crippen molar-refractivity contribution in [2.45, 2.75) is 25.9 Å². The Morgan fingerprint density at radius 2 is 2.18 bits per heavy atom. The summed E-state index contributed by atoms with van der Waals surface area (Å²) in [6, 6.07) is 1.94. The summed E-state index contributed by atoms with van der Waals surface area (Å²) in [4.78, 5) is 13.4. The Labute approximate surface area is 114 Å². The van der Waals surface area contributed by atoms with Gasteiger partial charge in [-0.25, -0.2) is 0 Å². The number of carbonyl (C=O) groups excluding carboxylic acids is 1. The van der Waals surface area contributed by atoms with Gasteiger partial charge in [-0.3, -0.25) is 9.48 Å². The van der Waals surface area contributed by atoms with E-state index < -0.39 is 0 Å². The van der Waals surface area contributed by atoms with E-state index in [1.807, 2.05) is 19.2 Å². The number of carbonyl (C=O) groups is 1. The van der Waals surface area contributed by atoms with Gasteiger partial charge in [0, 0.05) is 45.0 Å². The first kappa shape index (κ1) is 18.6. The number of halogens is 2. The van der Waals surface area contributed by atoms with Gasteiger partial charge in [-0.1, -0.05) is 0 Å². The monoisotopic (exact) mass is 282 g/mol. The molecule has 1 amide bonds. The summed E-state index contributed by atoms with van der Waals surface area (Å²) < 4.78 is 1.75. The summed E-state index contributed by atoms with van der Waals surface area (Å²) >= 11 is 0. The minimum atomic E-state index is 0. The van der Waals surface area contributed by atoms with E-state index >= 15 is 0 Å². The second-order valence-corrected chi connectivity index (χ2v) is 3.61. The fourth-order valence-electron chi connectivity index (χ4n) is 1.22. The third kappa shape index (κ3) is 5.91. The molecule has 17 heavy (non-hydrogen) atoms. The molecule has 0 saturated carbocycles. The second-order valence-electron chi connectivity index (χ2n) is 3.61. The Hall–Kier alpha value is -0.780. The zero-order valence-electron chi connectivity index (χ0n) is 10.1. The Morgan fingerprint density at radius 3 is 2.65 bits per heavy atom. The third-order valence-electron chi connectivity index (χ3n) is 2.51. The summed E-state index contributed by atoms with van der Waals surface area (Å²) in [5.41, 5.74) is 5.49. The van der Waals surface area contributed by atoms with Crippen molar-refractivity contribution in [2.24, 2.45) is 5.73 Å². The van der Waals surface area contributed by atoms with Crippen molar-refractivity contribution < 1.29 is 4.79 Å². The van der Waals surface area contributed by atoms with Crippen molar-refractivity contribution in [1.29, 1.82) is 0 Å². The molecule has 0 aliphatic rings. The number of aryl methyl sites for hydroxylation is 1. The zero-order chi connectivity index (χ0) is 11.3. The number of hydrogen-bond acceptors (Lipinski definition) is 3. The van der Waals surface area contributed by atoms with Crippen LogP contribution in [0.25, 0.3) is 0 Å². The van der Waals surface area contributed by atoms with Crippen molar-refractivity contribution in [3.8, 4) is 0 Å². The van der Waals surface area contributed by atoms with Crippen LogP contribution in [-0.2, 0) is 11.3 Å². The molecule has 0 fully saturated rings. The quantitative estimate of drug-likeness (QED) is 0.874. The first-order valence-electron chi connectivity index (χ1n) is 5.08. The third-order valence-corrected chi connectivity index (χ3v) is 2.51. The lowest BCUT2D eigenvalue weighted by atomic mass is 10.2. The minimum absolute atomic E-state index is 0. The Bertz CT molecular complexity index is 305. The van der Waals surface area contributed by atoms with Gasteiger partial charge in [0.15, 0.2) is 0 Å². The number of amides is 1. The van der Waals surface area contributed by atoms with Crippen LogP contribution >= 0.6 is 24.8 Å². The summed E-state index contributed by atoms with van der Waals surface area (Å²) in [5.74, 6) is 0.100. The number of rotatable bonds is 5. The van der Waals surface area contributed by atoms with Crippen LogP contribution in [-0.4, -0.2) is 40.2 Å². The fraction of sp³-hybridized carbons (Fsp3) is 0.600. The van der Waals surface area contributed by atoms with Crippen LogP contribution in [0.5, 0.6) is 0 Å². The predicted octanol–water partition coefficient (Wildman–Crippen LogP) is 0.922. The van der Waals surface area contributed by atoms with Crippen molar-refractivity contribution >= 4 is 30.7 Å². The van der Waals surface area contributed by atoms with Gasteiger partial charge in [0.25, 0.3) is 0 Å². The molecular formula is C10H20Cl2N4O. The topological polar surface area (TPSA) is 64.2 Å². The zero-order valence-corrected chi connectivity index (χ0v) is 11.7. The average molecular weight is 283 g/mol. The van der Waals surface area contributed by atoms with Crippen LogP contribution in [0.15, 0.2) is 18.5 Å². The van der Waals surface area contributed by atoms with Crippen LogP contribution in [0.3, 0.4) is 0 Å². The molecule has 0 radical (unpaired) electrons. The molecule has 1 aromatic heterocycles. The fourth-order valence-corrected chi connectivity index (χ4v) is 1.22. The predicted molar refractivity (Wildman–Crippen MR) is 72.6 cm³/mol. The minimum Gasteiger partial charge on any atom is -0.342 e. The van der Waals surface area contributed by atoms with E-state index in [-0.39, 0.29) is 36.8 Å². The number of hydrogen-bond donors (Lipinski definition) is 1. The highest BCUT2D eigenvalue weighted by Gasteiger charge is 2.13. The van der Waals surface area contributed by atoms with Gasteiger partial charge in [0.1, 0.15) is 0 Å². The molecule has 1 unspecified atom stereocenters. The smallest absolute Gasteiger partial charge is 0.224 e. The lowest BCUT2D eigenvalue weighted by Gasteiger charge is -2.23. The lowest BCUT2D eigenvalue weighted by molar-refractivity contribution is -0.131. The molecule has 1 aromatic rings. The average Bonchev–Trinajstić information content (AvgIpc) is 2.76. The Kier molecular flexibility index (Phi) is 10.1. The molecule has 100 valence electrons.